The van der Waals surface area contributed by atoms with Crippen LogP contribution in [0.4, 0.5) is 19.0 Å². The van der Waals surface area contributed by atoms with Gasteiger partial charge in [-0.25, -0.2) is 4.79 Å². The molecule has 160 valence electrons. The number of rotatable bonds is 3. The highest BCUT2D eigenvalue weighted by molar-refractivity contribution is 6.42. The maximum atomic E-state index is 10.6. The standard InChI is InChI=1S/C15H18Cl2N4O.C2HF3O2/c16-11-7-10(13(22)8-12(11)17)15(18)9-2-5-21(6-3-9)14-1-4-19-20-14;3-2(4,5)1(6)7/h1,4,7-9,15,22H,2-3,5-6,18H2,(H,19,20);(H,6,7)/t15-;/m1./s1. The lowest BCUT2D eigenvalue weighted by molar-refractivity contribution is -0.192. The van der Waals surface area contributed by atoms with Gasteiger partial charge in [0.05, 0.1) is 16.2 Å². The fraction of sp³-hybridized carbons (Fsp3) is 0.412. The van der Waals surface area contributed by atoms with Crippen molar-refractivity contribution < 1.29 is 28.2 Å². The van der Waals surface area contributed by atoms with Crippen molar-refractivity contribution in [3.8, 4) is 5.75 Å². The molecule has 2 aromatic rings. The van der Waals surface area contributed by atoms with Gasteiger partial charge in [-0.15, -0.1) is 0 Å². The fourth-order valence-corrected chi connectivity index (χ4v) is 3.33. The van der Waals surface area contributed by atoms with Crippen LogP contribution in [-0.4, -0.2) is 45.6 Å². The lowest BCUT2D eigenvalue weighted by atomic mass is 9.85. The Morgan fingerprint density at radius 2 is 1.83 bits per heavy atom. The summed E-state index contributed by atoms with van der Waals surface area (Å²) in [5.74, 6) is -1.32. The van der Waals surface area contributed by atoms with Crippen molar-refractivity contribution in [1.29, 1.82) is 0 Å². The Morgan fingerprint density at radius 3 is 2.31 bits per heavy atom. The van der Waals surface area contributed by atoms with Crippen LogP contribution in [0.25, 0.3) is 0 Å². The van der Waals surface area contributed by atoms with Gasteiger partial charge >= 0.3 is 12.1 Å². The van der Waals surface area contributed by atoms with Gasteiger partial charge < -0.3 is 20.8 Å². The highest BCUT2D eigenvalue weighted by Gasteiger charge is 2.38. The molecule has 5 N–H and O–H groups in total. The van der Waals surface area contributed by atoms with Crippen LogP contribution in [-0.2, 0) is 4.79 Å². The quantitative estimate of drug-likeness (QED) is 0.557. The summed E-state index contributed by atoms with van der Waals surface area (Å²) in [4.78, 5) is 11.2. The van der Waals surface area contributed by atoms with Crippen molar-refractivity contribution in [1.82, 2.24) is 10.2 Å². The van der Waals surface area contributed by atoms with Gasteiger partial charge in [0, 0.05) is 36.8 Å². The number of hydrogen-bond donors (Lipinski definition) is 4. The molecule has 1 aromatic carbocycles. The first-order chi connectivity index (χ1) is 13.5. The molecule has 0 amide bonds. The molecule has 1 aliphatic heterocycles. The Labute approximate surface area is 174 Å². The van der Waals surface area contributed by atoms with Gasteiger partial charge in [0.2, 0.25) is 0 Å². The van der Waals surface area contributed by atoms with Gasteiger partial charge in [0.1, 0.15) is 11.6 Å². The van der Waals surface area contributed by atoms with Crippen molar-refractivity contribution >= 4 is 35.0 Å². The largest absolute Gasteiger partial charge is 0.508 e. The van der Waals surface area contributed by atoms with Crippen molar-refractivity contribution in [3.63, 3.8) is 0 Å². The van der Waals surface area contributed by atoms with E-state index in [0.29, 0.717) is 21.5 Å². The lowest BCUT2D eigenvalue weighted by Crippen LogP contribution is -2.37. The number of phenols is 1. The molecule has 7 nitrogen and oxygen atoms in total. The smallest absolute Gasteiger partial charge is 0.490 e. The third-order valence-corrected chi connectivity index (χ3v) is 5.27. The number of aromatic hydroxyl groups is 1. The van der Waals surface area contributed by atoms with Crippen LogP contribution in [0, 0.1) is 5.92 Å². The average molecular weight is 455 g/mol. The molecule has 1 fully saturated rings. The number of aromatic nitrogens is 2. The number of carboxylic acid groups (broad SMARTS) is 1. The van der Waals surface area contributed by atoms with Crippen LogP contribution in [0.3, 0.4) is 0 Å². The van der Waals surface area contributed by atoms with E-state index in [2.05, 4.69) is 15.1 Å². The van der Waals surface area contributed by atoms with Gasteiger partial charge in [-0.05, 0) is 24.8 Å². The molecule has 1 aliphatic rings. The number of H-pyrrole nitrogens is 1. The number of hydrogen-bond acceptors (Lipinski definition) is 5. The van der Waals surface area contributed by atoms with E-state index >= 15 is 0 Å². The summed E-state index contributed by atoms with van der Waals surface area (Å²) in [6.07, 6.45) is -1.44. The monoisotopic (exact) mass is 454 g/mol. The minimum Gasteiger partial charge on any atom is -0.508 e. The first kappa shape index (κ1) is 23.1. The van der Waals surface area contributed by atoms with E-state index in [1.54, 1.807) is 12.3 Å². The summed E-state index contributed by atoms with van der Waals surface area (Å²) in [7, 11) is 0. The van der Waals surface area contributed by atoms with Crippen molar-refractivity contribution in [3.05, 3.63) is 40.0 Å². The summed E-state index contributed by atoms with van der Waals surface area (Å²) < 4.78 is 31.7. The Bertz CT molecular complexity index is 826. The second kappa shape index (κ2) is 9.55. The molecule has 1 aromatic heterocycles. The zero-order valence-electron chi connectivity index (χ0n) is 15.0. The Hall–Kier alpha value is -2.17. The topological polar surface area (TPSA) is 115 Å². The minimum absolute atomic E-state index is 0.109. The molecule has 0 aliphatic carbocycles. The molecule has 29 heavy (non-hydrogen) atoms. The molecule has 1 atom stereocenters. The van der Waals surface area contributed by atoms with E-state index in [4.69, 9.17) is 38.8 Å². The van der Waals surface area contributed by atoms with Crippen LogP contribution < -0.4 is 10.6 Å². The number of benzene rings is 1. The number of alkyl halides is 3. The average Bonchev–Trinajstić information content (AvgIpc) is 3.19. The van der Waals surface area contributed by atoms with Crippen LogP contribution >= 0.6 is 23.2 Å². The van der Waals surface area contributed by atoms with Crippen LogP contribution in [0.15, 0.2) is 24.4 Å². The maximum Gasteiger partial charge on any atom is 0.490 e. The minimum atomic E-state index is -5.08. The molecule has 0 radical (unpaired) electrons. The predicted molar refractivity (Wildman–Crippen MR) is 102 cm³/mol. The molecule has 0 bridgehead atoms. The van der Waals surface area contributed by atoms with E-state index in [0.717, 1.165) is 31.7 Å². The first-order valence-corrected chi connectivity index (χ1v) is 9.24. The number of phenolic OH excluding ortho intramolecular Hbond substituents is 1. The number of carboxylic acids is 1. The summed E-state index contributed by atoms with van der Waals surface area (Å²) in [6.45, 7) is 1.81. The van der Waals surface area contributed by atoms with Gasteiger partial charge in [-0.2, -0.15) is 18.3 Å². The molecular weight excluding hydrogens is 436 g/mol. The van der Waals surface area contributed by atoms with Crippen molar-refractivity contribution in [2.75, 3.05) is 18.0 Å². The van der Waals surface area contributed by atoms with Crippen LogP contribution in [0.5, 0.6) is 5.75 Å². The number of aliphatic carboxylic acids is 1. The number of nitrogens with zero attached hydrogens (tertiary/aromatic N) is 2. The number of nitrogens with one attached hydrogen (secondary N) is 1. The van der Waals surface area contributed by atoms with Gasteiger partial charge in [0.15, 0.2) is 0 Å². The Kier molecular flexibility index (Phi) is 7.61. The molecular formula is C17H19Cl2F3N4O3. The first-order valence-electron chi connectivity index (χ1n) is 8.48. The SMILES string of the molecule is N[C@@H](c1cc(Cl)c(Cl)cc1O)C1CCN(c2ccn[nH]2)CC1.O=C(O)C(F)(F)F. The fourth-order valence-electron chi connectivity index (χ4n) is 3.00. The Morgan fingerprint density at radius 1 is 1.28 bits per heavy atom. The molecule has 3 rings (SSSR count). The van der Waals surface area contributed by atoms with Gasteiger partial charge in [0.25, 0.3) is 0 Å². The van der Waals surface area contributed by atoms with E-state index < -0.39 is 12.1 Å². The number of piperidine rings is 1. The molecule has 2 heterocycles. The van der Waals surface area contributed by atoms with E-state index in [1.165, 1.54) is 6.07 Å². The van der Waals surface area contributed by atoms with Gasteiger partial charge in [-0.1, -0.05) is 23.2 Å². The van der Waals surface area contributed by atoms with Crippen LogP contribution in [0.1, 0.15) is 24.4 Å². The zero-order chi connectivity index (χ0) is 21.8. The van der Waals surface area contributed by atoms with E-state index in [9.17, 15) is 18.3 Å². The third-order valence-electron chi connectivity index (χ3n) is 4.55. The van der Waals surface area contributed by atoms with Crippen molar-refractivity contribution in [2.24, 2.45) is 11.7 Å². The number of carbonyl (C=O) groups is 1. The second-order valence-corrected chi connectivity index (χ2v) is 7.23. The zero-order valence-corrected chi connectivity index (χ0v) is 16.5. The molecule has 1 saturated heterocycles. The van der Waals surface area contributed by atoms with Gasteiger partial charge in [-0.3, -0.25) is 5.10 Å². The molecule has 0 saturated carbocycles. The predicted octanol–water partition coefficient (Wildman–Crippen LogP) is 3.97. The number of anilines is 1. The number of nitrogens with two attached hydrogens (primary N) is 1. The molecule has 0 spiro atoms. The van der Waals surface area contributed by atoms with E-state index in [1.807, 2.05) is 6.07 Å². The summed E-state index contributed by atoms with van der Waals surface area (Å²) in [5, 5.41) is 24.9. The lowest BCUT2D eigenvalue weighted by Gasteiger charge is -2.35. The maximum absolute atomic E-state index is 10.6. The van der Waals surface area contributed by atoms with Crippen LogP contribution in [0.2, 0.25) is 10.0 Å². The number of halogens is 5. The molecule has 12 heteroatoms. The summed E-state index contributed by atoms with van der Waals surface area (Å²) >= 11 is 11.9. The normalized spacial score (nSPS) is 16.1. The summed E-state index contributed by atoms with van der Waals surface area (Å²) in [6, 6.07) is 4.84. The van der Waals surface area contributed by atoms with Crippen molar-refractivity contribution in [2.45, 2.75) is 25.1 Å². The number of aromatic amines is 1. The highest BCUT2D eigenvalue weighted by Crippen LogP contribution is 2.38. The Balaban J connectivity index is 0.000000370. The second-order valence-electron chi connectivity index (χ2n) is 6.42. The third kappa shape index (κ3) is 6.15. The highest BCUT2D eigenvalue weighted by atomic mass is 35.5. The molecule has 0 unspecified atom stereocenters. The summed E-state index contributed by atoms with van der Waals surface area (Å²) in [5.41, 5.74) is 7.01. The van der Waals surface area contributed by atoms with E-state index in [-0.39, 0.29) is 11.8 Å².